The normalized spacial score (nSPS) is 11.1. The molecule has 0 unspecified atom stereocenters. The summed E-state index contributed by atoms with van der Waals surface area (Å²) >= 11 is 3.27. The Hall–Kier alpha value is -1.95. The van der Waals surface area contributed by atoms with Crippen molar-refractivity contribution in [3.8, 4) is 5.82 Å². The molecular weight excluding hydrogens is 308 g/mol. The predicted molar refractivity (Wildman–Crippen MR) is 76.7 cm³/mol. The molecule has 0 bridgehead atoms. The Bertz CT molecular complexity index is 834. The first-order valence-corrected chi connectivity index (χ1v) is 6.57. The molecule has 3 aromatic rings. The number of H-pyrrole nitrogens is 1. The maximum atomic E-state index is 12.2. The largest absolute Gasteiger partial charge is 0.332 e. The molecule has 0 saturated carbocycles. The molecule has 0 aliphatic rings. The van der Waals surface area contributed by atoms with Gasteiger partial charge in [0.25, 0.3) is 0 Å². The van der Waals surface area contributed by atoms with Crippen molar-refractivity contribution < 1.29 is 0 Å². The lowest BCUT2D eigenvalue weighted by molar-refractivity contribution is 0.915. The molecule has 1 N–H and O–H groups in total. The molecule has 0 atom stereocenters. The summed E-state index contributed by atoms with van der Waals surface area (Å²) < 4.78 is 2.22. The van der Waals surface area contributed by atoms with E-state index in [9.17, 15) is 4.79 Å². The Balaban J connectivity index is 2.42. The van der Waals surface area contributed by atoms with Gasteiger partial charge in [-0.3, -0.25) is 0 Å². The zero-order valence-corrected chi connectivity index (χ0v) is 12.0. The van der Waals surface area contributed by atoms with Gasteiger partial charge in [0.15, 0.2) is 5.82 Å². The van der Waals surface area contributed by atoms with E-state index in [4.69, 9.17) is 0 Å². The molecule has 6 heteroatoms. The van der Waals surface area contributed by atoms with E-state index in [0.29, 0.717) is 16.1 Å². The van der Waals surface area contributed by atoms with Gasteiger partial charge in [0.2, 0.25) is 0 Å². The number of aromatic amines is 1. The van der Waals surface area contributed by atoms with E-state index in [1.165, 1.54) is 0 Å². The van der Waals surface area contributed by atoms with Gasteiger partial charge in [-0.1, -0.05) is 12.1 Å². The van der Waals surface area contributed by atoms with Gasteiger partial charge in [0.05, 0.1) is 22.9 Å². The van der Waals surface area contributed by atoms with Gasteiger partial charge >= 0.3 is 5.69 Å². The maximum Gasteiger partial charge on any atom is 0.332 e. The molecule has 0 radical (unpaired) electrons. The molecule has 5 nitrogen and oxygen atoms in total. The van der Waals surface area contributed by atoms with Crippen molar-refractivity contribution in [1.82, 2.24) is 19.5 Å². The maximum absolute atomic E-state index is 12.2. The number of para-hydroxylation sites is 1. The number of benzene rings is 1. The summed E-state index contributed by atoms with van der Waals surface area (Å²) in [7, 11) is 0. The number of nitrogens with one attached hydrogen (secondary N) is 1. The molecule has 0 aliphatic heterocycles. The highest BCUT2D eigenvalue weighted by molar-refractivity contribution is 9.10. The lowest BCUT2D eigenvalue weighted by Gasteiger charge is -2.07. The average molecular weight is 319 g/mol. The van der Waals surface area contributed by atoms with Crippen molar-refractivity contribution >= 4 is 27.0 Å². The third kappa shape index (κ3) is 1.88. The number of aromatic nitrogens is 4. The fraction of sp³-hybridized carbons (Fsp3) is 0.154. The molecule has 96 valence electrons. The predicted octanol–water partition coefficient (Wildman–Crippen LogP) is 2.49. The molecule has 0 saturated heterocycles. The molecule has 2 heterocycles. The Morgan fingerprint density at radius 1 is 1.32 bits per heavy atom. The number of aryl methyl sites for hydroxylation is 2. The number of halogens is 1. The van der Waals surface area contributed by atoms with Gasteiger partial charge in [-0.2, -0.15) is 0 Å². The number of nitrogens with zero attached hydrogens (tertiary/aromatic N) is 3. The standard InChI is InChI=1S/C13H11BrN4O/c1-7-4-3-5-9-11(7)18(13(19)17-9)12-8(2)16-10(14)6-15-12/h3-6H,1-2H3,(H,17,19). The lowest BCUT2D eigenvalue weighted by Crippen LogP contribution is -2.17. The van der Waals surface area contributed by atoms with E-state index in [1.54, 1.807) is 10.8 Å². The first-order valence-electron chi connectivity index (χ1n) is 5.78. The molecule has 3 rings (SSSR count). The van der Waals surface area contributed by atoms with Crippen molar-refractivity contribution in [3.05, 3.63) is 50.7 Å². The van der Waals surface area contributed by atoms with Crippen LogP contribution in [0.1, 0.15) is 11.3 Å². The van der Waals surface area contributed by atoms with Gasteiger partial charge in [-0.05, 0) is 41.4 Å². The third-order valence-corrected chi connectivity index (χ3v) is 3.39. The average Bonchev–Trinajstić information content (AvgIpc) is 2.67. The van der Waals surface area contributed by atoms with Crippen LogP contribution in [0.5, 0.6) is 0 Å². The fourth-order valence-corrected chi connectivity index (χ4v) is 2.57. The molecular formula is C13H11BrN4O. The quantitative estimate of drug-likeness (QED) is 0.749. The summed E-state index contributed by atoms with van der Waals surface area (Å²) in [5.41, 5.74) is 3.14. The van der Waals surface area contributed by atoms with Crippen LogP contribution in [0, 0.1) is 13.8 Å². The Kier molecular flexibility index (Phi) is 2.74. The van der Waals surface area contributed by atoms with Crippen molar-refractivity contribution in [2.45, 2.75) is 13.8 Å². The van der Waals surface area contributed by atoms with Gasteiger partial charge in [-0.25, -0.2) is 19.3 Å². The zero-order chi connectivity index (χ0) is 13.6. The minimum absolute atomic E-state index is 0.205. The number of fused-ring (bicyclic) bond motifs is 1. The van der Waals surface area contributed by atoms with Crippen molar-refractivity contribution in [2.24, 2.45) is 0 Å². The first kappa shape index (κ1) is 12.1. The van der Waals surface area contributed by atoms with Gasteiger partial charge in [-0.15, -0.1) is 0 Å². The van der Waals surface area contributed by atoms with Crippen LogP contribution in [0.25, 0.3) is 16.9 Å². The molecule has 19 heavy (non-hydrogen) atoms. The van der Waals surface area contributed by atoms with Crippen LogP contribution in [0.2, 0.25) is 0 Å². The van der Waals surface area contributed by atoms with Crippen molar-refractivity contribution in [1.29, 1.82) is 0 Å². The van der Waals surface area contributed by atoms with E-state index >= 15 is 0 Å². The third-order valence-electron chi connectivity index (χ3n) is 3.01. The van der Waals surface area contributed by atoms with E-state index in [0.717, 1.165) is 16.6 Å². The van der Waals surface area contributed by atoms with Crippen LogP contribution in [-0.4, -0.2) is 19.5 Å². The van der Waals surface area contributed by atoms with Gasteiger partial charge in [0, 0.05) is 0 Å². The minimum atomic E-state index is -0.205. The lowest BCUT2D eigenvalue weighted by atomic mass is 10.2. The number of hydrogen-bond donors (Lipinski definition) is 1. The fourth-order valence-electron chi connectivity index (χ4n) is 2.20. The molecule has 0 spiro atoms. The number of rotatable bonds is 1. The van der Waals surface area contributed by atoms with Crippen LogP contribution in [-0.2, 0) is 0 Å². The minimum Gasteiger partial charge on any atom is -0.305 e. The highest BCUT2D eigenvalue weighted by atomic mass is 79.9. The summed E-state index contributed by atoms with van der Waals surface area (Å²) in [5, 5.41) is 0. The van der Waals surface area contributed by atoms with Crippen molar-refractivity contribution in [3.63, 3.8) is 0 Å². The zero-order valence-electron chi connectivity index (χ0n) is 10.4. The van der Waals surface area contributed by atoms with Crippen molar-refractivity contribution in [2.75, 3.05) is 0 Å². The van der Waals surface area contributed by atoms with Crippen LogP contribution in [0.3, 0.4) is 0 Å². The summed E-state index contributed by atoms with van der Waals surface area (Å²) in [6.45, 7) is 3.80. The SMILES string of the molecule is Cc1nc(Br)cnc1-n1c(=O)[nH]c2cccc(C)c21. The Labute approximate surface area is 117 Å². The van der Waals surface area contributed by atoms with E-state index in [-0.39, 0.29) is 5.69 Å². The topological polar surface area (TPSA) is 63.6 Å². The highest BCUT2D eigenvalue weighted by Crippen LogP contribution is 2.19. The highest BCUT2D eigenvalue weighted by Gasteiger charge is 2.14. The Morgan fingerprint density at radius 3 is 2.84 bits per heavy atom. The second-order valence-corrected chi connectivity index (χ2v) is 5.15. The smallest absolute Gasteiger partial charge is 0.305 e. The van der Waals surface area contributed by atoms with Crippen LogP contribution in [0.4, 0.5) is 0 Å². The molecule has 1 aromatic carbocycles. The molecule has 0 aliphatic carbocycles. The van der Waals surface area contributed by atoms with Crippen LogP contribution in [0.15, 0.2) is 33.8 Å². The summed E-state index contributed by atoms with van der Waals surface area (Å²) in [6.07, 6.45) is 1.59. The van der Waals surface area contributed by atoms with E-state index in [1.807, 2.05) is 32.0 Å². The Morgan fingerprint density at radius 2 is 2.11 bits per heavy atom. The second kappa shape index (κ2) is 4.31. The summed E-state index contributed by atoms with van der Waals surface area (Å²) in [4.78, 5) is 23.6. The first-order chi connectivity index (χ1) is 9.08. The summed E-state index contributed by atoms with van der Waals surface area (Å²) in [6, 6.07) is 5.76. The van der Waals surface area contributed by atoms with Gasteiger partial charge in [0.1, 0.15) is 4.60 Å². The van der Waals surface area contributed by atoms with E-state index in [2.05, 4.69) is 30.9 Å². The van der Waals surface area contributed by atoms with Crippen LogP contribution >= 0.6 is 15.9 Å². The second-order valence-electron chi connectivity index (χ2n) is 4.34. The number of imidazole rings is 1. The van der Waals surface area contributed by atoms with E-state index < -0.39 is 0 Å². The molecule has 0 amide bonds. The van der Waals surface area contributed by atoms with Gasteiger partial charge < -0.3 is 4.98 Å². The number of hydrogen-bond acceptors (Lipinski definition) is 3. The summed E-state index contributed by atoms with van der Waals surface area (Å²) in [5.74, 6) is 0.550. The molecule has 0 fully saturated rings. The molecule has 2 aromatic heterocycles. The monoisotopic (exact) mass is 318 g/mol. The van der Waals surface area contributed by atoms with Crippen LogP contribution < -0.4 is 5.69 Å².